The van der Waals surface area contributed by atoms with E-state index in [1.165, 1.54) is 27.5 Å². The van der Waals surface area contributed by atoms with Gasteiger partial charge in [-0.25, -0.2) is 0 Å². The number of carbonyl (C=O) groups is 1. The average Bonchev–Trinajstić information content (AvgIpc) is 2.54. The monoisotopic (exact) mass is 287 g/mol. The quantitative estimate of drug-likeness (QED) is 0.695. The first-order valence-corrected chi connectivity index (χ1v) is 7.60. The smallest absolute Gasteiger partial charge is 0.225 e. The molecule has 0 saturated carbocycles. The van der Waals surface area contributed by atoms with Crippen LogP contribution in [0.4, 0.5) is 5.69 Å². The number of aryl methyl sites for hydroxylation is 1. The highest BCUT2D eigenvalue weighted by Gasteiger charge is 2.28. The van der Waals surface area contributed by atoms with Crippen LogP contribution in [0.1, 0.15) is 29.0 Å². The molecule has 108 valence electrons. The summed E-state index contributed by atoms with van der Waals surface area (Å²) in [5.41, 5.74) is 4.63. The zero-order valence-electron chi connectivity index (χ0n) is 12.5. The number of rotatable bonds is 1. The molecule has 0 radical (unpaired) electrons. The highest BCUT2D eigenvalue weighted by atomic mass is 16.1. The van der Waals surface area contributed by atoms with E-state index < -0.39 is 0 Å². The van der Waals surface area contributed by atoms with Crippen molar-refractivity contribution in [1.82, 2.24) is 0 Å². The van der Waals surface area contributed by atoms with Crippen molar-refractivity contribution in [3.05, 3.63) is 77.4 Å². The summed E-state index contributed by atoms with van der Waals surface area (Å²) >= 11 is 0. The number of carbonyl (C=O) groups excluding carboxylic acids is 1. The van der Waals surface area contributed by atoms with Gasteiger partial charge in [-0.05, 0) is 34.9 Å². The number of anilines is 1. The second-order valence-corrected chi connectivity index (χ2v) is 5.96. The Balaban J connectivity index is 1.97. The molecule has 0 saturated heterocycles. The number of nitrogens with one attached hydrogen (secondary N) is 1. The SMILES string of the molecule is Cc1ccc([C@H]2CC(=O)Nc3ccc4ccccc4c32)cc1. The molecule has 0 aliphatic carbocycles. The molecular weight excluding hydrogens is 270 g/mol. The van der Waals surface area contributed by atoms with Crippen LogP contribution in [0.5, 0.6) is 0 Å². The van der Waals surface area contributed by atoms with Crippen molar-refractivity contribution in [3.63, 3.8) is 0 Å². The number of amides is 1. The first-order valence-electron chi connectivity index (χ1n) is 7.60. The molecule has 1 aliphatic heterocycles. The lowest BCUT2D eigenvalue weighted by Gasteiger charge is -2.27. The maximum Gasteiger partial charge on any atom is 0.225 e. The molecule has 2 nitrogen and oxygen atoms in total. The molecule has 0 aromatic heterocycles. The van der Waals surface area contributed by atoms with Gasteiger partial charge in [0.1, 0.15) is 0 Å². The minimum absolute atomic E-state index is 0.0911. The lowest BCUT2D eigenvalue weighted by atomic mass is 9.82. The van der Waals surface area contributed by atoms with Gasteiger partial charge in [-0.1, -0.05) is 60.2 Å². The highest BCUT2D eigenvalue weighted by molar-refractivity contribution is 6.01. The van der Waals surface area contributed by atoms with Crippen molar-refractivity contribution >= 4 is 22.4 Å². The van der Waals surface area contributed by atoms with Gasteiger partial charge < -0.3 is 5.32 Å². The lowest BCUT2D eigenvalue weighted by Crippen LogP contribution is -2.23. The minimum Gasteiger partial charge on any atom is -0.326 e. The largest absolute Gasteiger partial charge is 0.326 e. The molecule has 0 unspecified atom stereocenters. The normalized spacial score (nSPS) is 17.1. The summed E-state index contributed by atoms with van der Waals surface area (Å²) in [6, 6.07) is 21.0. The first kappa shape index (κ1) is 13.1. The molecule has 3 aromatic carbocycles. The fourth-order valence-electron chi connectivity index (χ4n) is 3.35. The van der Waals surface area contributed by atoms with Crippen LogP contribution in [0.25, 0.3) is 10.8 Å². The van der Waals surface area contributed by atoms with Gasteiger partial charge in [-0.15, -0.1) is 0 Å². The summed E-state index contributed by atoms with van der Waals surface area (Å²) in [7, 11) is 0. The third kappa shape index (κ3) is 2.08. The second-order valence-electron chi connectivity index (χ2n) is 5.96. The van der Waals surface area contributed by atoms with Crippen LogP contribution in [-0.2, 0) is 4.79 Å². The molecule has 3 aromatic rings. The maximum absolute atomic E-state index is 12.1. The molecule has 1 N–H and O–H groups in total. The lowest BCUT2D eigenvalue weighted by molar-refractivity contribution is -0.116. The molecule has 1 amide bonds. The van der Waals surface area contributed by atoms with Crippen LogP contribution in [0.15, 0.2) is 60.7 Å². The summed E-state index contributed by atoms with van der Waals surface area (Å²) in [6.07, 6.45) is 0.504. The van der Waals surface area contributed by atoms with Crippen molar-refractivity contribution in [3.8, 4) is 0 Å². The third-order valence-corrected chi connectivity index (χ3v) is 4.46. The van der Waals surface area contributed by atoms with Crippen LogP contribution in [0.3, 0.4) is 0 Å². The molecule has 0 fully saturated rings. The van der Waals surface area contributed by atoms with Crippen molar-refractivity contribution in [2.75, 3.05) is 5.32 Å². The Morgan fingerprint density at radius 2 is 1.73 bits per heavy atom. The van der Waals surface area contributed by atoms with E-state index in [0.29, 0.717) is 6.42 Å². The Labute approximate surface area is 129 Å². The van der Waals surface area contributed by atoms with Crippen LogP contribution in [0, 0.1) is 6.92 Å². The van der Waals surface area contributed by atoms with Gasteiger partial charge in [0.2, 0.25) is 5.91 Å². The molecular formula is C20H17NO. The average molecular weight is 287 g/mol. The summed E-state index contributed by atoms with van der Waals surface area (Å²) in [5.74, 6) is 0.212. The standard InChI is InChI=1S/C20H17NO/c1-13-6-8-15(9-7-13)17-12-19(22)21-18-11-10-14-4-2-3-5-16(14)20(17)18/h2-11,17H,12H2,1H3,(H,21,22)/t17-/m1/s1. The predicted octanol–water partition coefficient (Wildman–Crippen LogP) is 4.62. The Morgan fingerprint density at radius 3 is 2.55 bits per heavy atom. The van der Waals surface area contributed by atoms with E-state index >= 15 is 0 Å². The van der Waals surface area contributed by atoms with Crippen LogP contribution < -0.4 is 5.32 Å². The molecule has 1 aliphatic rings. The van der Waals surface area contributed by atoms with Gasteiger partial charge in [-0.3, -0.25) is 4.79 Å². The maximum atomic E-state index is 12.1. The van der Waals surface area contributed by atoms with E-state index in [2.05, 4.69) is 66.8 Å². The molecule has 22 heavy (non-hydrogen) atoms. The number of hydrogen-bond donors (Lipinski definition) is 1. The van der Waals surface area contributed by atoms with Gasteiger partial charge in [0.15, 0.2) is 0 Å². The van der Waals surface area contributed by atoms with E-state index in [9.17, 15) is 4.79 Å². The molecule has 1 atom stereocenters. The fraction of sp³-hybridized carbons (Fsp3) is 0.150. The van der Waals surface area contributed by atoms with E-state index in [0.717, 1.165) is 5.69 Å². The molecule has 0 bridgehead atoms. The number of benzene rings is 3. The Bertz CT molecular complexity index is 865. The van der Waals surface area contributed by atoms with Crippen LogP contribution >= 0.6 is 0 Å². The summed E-state index contributed by atoms with van der Waals surface area (Å²) in [4.78, 5) is 12.1. The van der Waals surface area contributed by atoms with Crippen molar-refractivity contribution in [2.24, 2.45) is 0 Å². The zero-order valence-corrected chi connectivity index (χ0v) is 12.5. The van der Waals surface area contributed by atoms with Crippen molar-refractivity contribution in [1.29, 1.82) is 0 Å². The molecule has 4 rings (SSSR count). The van der Waals surface area contributed by atoms with E-state index in [-0.39, 0.29) is 11.8 Å². The summed E-state index contributed by atoms with van der Waals surface area (Å²) < 4.78 is 0. The summed E-state index contributed by atoms with van der Waals surface area (Å²) in [5, 5.41) is 5.47. The Morgan fingerprint density at radius 1 is 0.955 bits per heavy atom. The third-order valence-electron chi connectivity index (χ3n) is 4.46. The van der Waals surface area contributed by atoms with Crippen LogP contribution in [-0.4, -0.2) is 5.91 Å². The van der Waals surface area contributed by atoms with Gasteiger partial charge in [0.05, 0.1) is 0 Å². The van der Waals surface area contributed by atoms with Crippen LogP contribution in [0.2, 0.25) is 0 Å². The zero-order chi connectivity index (χ0) is 15.1. The van der Waals surface area contributed by atoms with E-state index in [1.807, 2.05) is 6.07 Å². The van der Waals surface area contributed by atoms with E-state index in [1.54, 1.807) is 0 Å². The molecule has 2 heteroatoms. The molecule has 0 spiro atoms. The fourth-order valence-corrected chi connectivity index (χ4v) is 3.35. The van der Waals surface area contributed by atoms with E-state index in [4.69, 9.17) is 0 Å². The Hall–Kier alpha value is -2.61. The summed E-state index contributed by atoms with van der Waals surface area (Å²) in [6.45, 7) is 2.08. The van der Waals surface area contributed by atoms with Gasteiger partial charge in [0, 0.05) is 18.0 Å². The van der Waals surface area contributed by atoms with Gasteiger partial charge in [0.25, 0.3) is 0 Å². The molecule has 1 heterocycles. The minimum atomic E-state index is 0.0911. The number of fused-ring (bicyclic) bond motifs is 3. The van der Waals surface area contributed by atoms with Crippen molar-refractivity contribution < 1.29 is 4.79 Å². The first-order chi connectivity index (χ1) is 10.7. The Kier molecular flexibility index (Phi) is 2.97. The highest BCUT2D eigenvalue weighted by Crippen LogP contribution is 2.41. The van der Waals surface area contributed by atoms with Crippen molar-refractivity contribution in [2.45, 2.75) is 19.3 Å². The number of hydrogen-bond acceptors (Lipinski definition) is 1. The predicted molar refractivity (Wildman–Crippen MR) is 90.2 cm³/mol. The van der Waals surface area contributed by atoms with Gasteiger partial charge in [-0.2, -0.15) is 0 Å². The topological polar surface area (TPSA) is 29.1 Å². The second kappa shape index (κ2) is 4.99. The van der Waals surface area contributed by atoms with Gasteiger partial charge >= 0.3 is 0 Å².